The molecule has 3 amide bonds. The molecule has 172 valence electrons. The van der Waals surface area contributed by atoms with Crippen LogP contribution >= 0.6 is 23.2 Å². The van der Waals surface area contributed by atoms with Crippen LogP contribution in [0.5, 0.6) is 5.75 Å². The largest absolute Gasteiger partial charge is 0.497 e. The molecule has 3 N–H and O–H groups in total. The number of fused-ring (bicyclic) bond motifs is 1. The molecule has 8 nitrogen and oxygen atoms in total. The molecular formula is C24H18Cl2N4O4. The van der Waals surface area contributed by atoms with Gasteiger partial charge in [0, 0.05) is 16.1 Å². The van der Waals surface area contributed by atoms with Gasteiger partial charge < -0.3 is 15.4 Å². The molecular weight excluding hydrogens is 479 g/mol. The molecule has 0 fully saturated rings. The quantitative estimate of drug-likeness (QED) is 0.341. The van der Waals surface area contributed by atoms with Crippen molar-refractivity contribution in [3.63, 3.8) is 0 Å². The first kappa shape index (κ1) is 23.2. The zero-order chi connectivity index (χ0) is 24.2. The van der Waals surface area contributed by atoms with Crippen molar-refractivity contribution in [1.29, 1.82) is 0 Å². The lowest BCUT2D eigenvalue weighted by Crippen LogP contribution is -2.36. The Morgan fingerprint density at radius 2 is 1.59 bits per heavy atom. The minimum absolute atomic E-state index is 0.0898. The van der Waals surface area contributed by atoms with Crippen LogP contribution in [0.2, 0.25) is 10.0 Å². The lowest BCUT2D eigenvalue weighted by Gasteiger charge is -2.13. The van der Waals surface area contributed by atoms with E-state index in [1.54, 1.807) is 79.9 Å². The lowest BCUT2D eigenvalue weighted by atomic mass is 10.2. The van der Waals surface area contributed by atoms with Gasteiger partial charge in [-0.05, 0) is 60.7 Å². The average molecular weight is 497 g/mol. The Balaban J connectivity index is 1.62. The van der Waals surface area contributed by atoms with E-state index in [-0.39, 0.29) is 16.4 Å². The van der Waals surface area contributed by atoms with Crippen LogP contribution < -0.4 is 20.8 Å². The number of rotatable bonds is 5. The minimum atomic E-state index is -0.995. The number of hydrogen-bond donors (Lipinski definition) is 3. The molecule has 34 heavy (non-hydrogen) atoms. The van der Waals surface area contributed by atoms with Crippen molar-refractivity contribution in [2.24, 2.45) is 0 Å². The van der Waals surface area contributed by atoms with E-state index in [4.69, 9.17) is 27.9 Å². The molecule has 0 unspecified atom stereocenters. The molecule has 0 aliphatic heterocycles. The Hall–Kier alpha value is -4.01. The van der Waals surface area contributed by atoms with Gasteiger partial charge in [0.15, 0.2) is 0 Å². The summed E-state index contributed by atoms with van der Waals surface area (Å²) in [6.45, 7) is 0. The number of hydrogen-bond acceptors (Lipinski definition) is 4. The number of amides is 3. The van der Waals surface area contributed by atoms with Gasteiger partial charge in [0.1, 0.15) is 11.4 Å². The number of methoxy groups -OCH3 is 1. The second-order valence-electron chi connectivity index (χ2n) is 7.13. The molecule has 1 heterocycles. The van der Waals surface area contributed by atoms with E-state index < -0.39 is 17.7 Å². The summed E-state index contributed by atoms with van der Waals surface area (Å²) < 4.78 is 6.36. The number of benzene rings is 3. The summed E-state index contributed by atoms with van der Waals surface area (Å²) in [6, 6.07) is 19.7. The Morgan fingerprint density at radius 3 is 2.29 bits per heavy atom. The van der Waals surface area contributed by atoms with Crippen molar-refractivity contribution in [2.45, 2.75) is 0 Å². The maximum atomic E-state index is 13.1. The summed E-state index contributed by atoms with van der Waals surface area (Å²) in [4.78, 5) is 38.2. The number of nitrogens with zero attached hydrogens (tertiary/aromatic N) is 1. The zero-order valence-electron chi connectivity index (χ0n) is 17.8. The molecule has 1 aromatic heterocycles. The van der Waals surface area contributed by atoms with Gasteiger partial charge in [-0.1, -0.05) is 35.3 Å². The summed E-state index contributed by atoms with van der Waals surface area (Å²) in [5.41, 5.74) is 3.84. The fraction of sp³-hybridized carbons (Fsp3) is 0.0417. The maximum Gasteiger partial charge on any atom is 0.328 e. The fourth-order valence-corrected chi connectivity index (χ4v) is 3.60. The van der Waals surface area contributed by atoms with Crippen molar-refractivity contribution in [3.8, 4) is 5.75 Å². The second kappa shape index (κ2) is 9.86. The molecule has 4 aromatic rings. The Morgan fingerprint density at radius 1 is 0.853 bits per heavy atom. The SMILES string of the molecule is COc1ccc(NC(=O)c2cc3cc(Cl)ccc3n2NC(=O)C(=O)Nc2ccccc2Cl)cc1. The third-order valence-electron chi connectivity index (χ3n) is 4.89. The molecule has 0 aliphatic rings. The van der Waals surface area contributed by atoms with Gasteiger partial charge in [0.05, 0.1) is 23.3 Å². The molecule has 0 spiro atoms. The molecule has 3 aromatic carbocycles. The van der Waals surface area contributed by atoms with Gasteiger partial charge in [-0.25, -0.2) is 4.68 Å². The van der Waals surface area contributed by atoms with Crippen LogP contribution in [0.4, 0.5) is 11.4 Å². The van der Waals surface area contributed by atoms with Gasteiger partial charge in [-0.15, -0.1) is 0 Å². The summed E-state index contributed by atoms with van der Waals surface area (Å²) in [5, 5.41) is 6.54. The van der Waals surface area contributed by atoms with E-state index >= 15 is 0 Å². The monoisotopic (exact) mass is 496 g/mol. The minimum Gasteiger partial charge on any atom is -0.497 e. The zero-order valence-corrected chi connectivity index (χ0v) is 19.3. The molecule has 0 saturated carbocycles. The van der Waals surface area contributed by atoms with Gasteiger partial charge in [-0.3, -0.25) is 19.8 Å². The van der Waals surface area contributed by atoms with E-state index in [2.05, 4.69) is 16.1 Å². The van der Waals surface area contributed by atoms with Crippen LogP contribution in [-0.2, 0) is 9.59 Å². The summed E-state index contributed by atoms with van der Waals surface area (Å²) >= 11 is 12.1. The number of halogens is 2. The van der Waals surface area contributed by atoms with Crippen LogP contribution in [0.1, 0.15) is 10.5 Å². The molecule has 4 rings (SSSR count). The van der Waals surface area contributed by atoms with Crippen molar-refractivity contribution in [2.75, 3.05) is 23.2 Å². The highest BCUT2D eigenvalue weighted by Crippen LogP contribution is 2.24. The highest BCUT2D eigenvalue weighted by molar-refractivity contribution is 6.44. The van der Waals surface area contributed by atoms with E-state index in [1.807, 2.05) is 0 Å². The van der Waals surface area contributed by atoms with Crippen LogP contribution in [0.25, 0.3) is 10.9 Å². The first-order chi connectivity index (χ1) is 16.4. The van der Waals surface area contributed by atoms with Crippen LogP contribution in [0, 0.1) is 0 Å². The number of nitrogens with one attached hydrogen (secondary N) is 3. The Bertz CT molecular complexity index is 1400. The Kier molecular flexibility index (Phi) is 6.72. The molecule has 0 aliphatic carbocycles. The number of carbonyl (C=O) groups excluding carboxylic acids is 3. The molecule has 0 radical (unpaired) electrons. The highest BCUT2D eigenvalue weighted by Gasteiger charge is 2.21. The number of aromatic nitrogens is 1. The Labute approximate surface area is 204 Å². The summed E-state index contributed by atoms with van der Waals surface area (Å²) in [7, 11) is 1.54. The molecule has 10 heteroatoms. The van der Waals surface area contributed by atoms with E-state index in [0.717, 1.165) is 0 Å². The molecule has 0 saturated heterocycles. The molecule has 0 bridgehead atoms. The van der Waals surface area contributed by atoms with Crippen molar-refractivity contribution < 1.29 is 19.1 Å². The van der Waals surface area contributed by atoms with Crippen molar-refractivity contribution >= 4 is 63.2 Å². The van der Waals surface area contributed by atoms with Gasteiger partial charge in [0.25, 0.3) is 5.91 Å². The number of anilines is 2. The van der Waals surface area contributed by atoms with Crippen LogP contribution in [0.15, 0.2) is 72.8 Å². The normalized spacial score (nSPS) is 10.6. The first-order valence-electron chi connectivity index (χ1n) is 9.99. The average Bonchev–Trinajstić information content (AvgIpc) is 3.18. The number of ether oxygens (including phenoxy) is 1. The first-order valence-corrected chi connectivity index (χ1v) is 10.7. The van der Waals surface area contributed by atoms with Gasteiger partial charge in [0.2, 0.25) is 0 Å². The van der Waals surface area contributed by atoms with E-state index in [9.17, 15) is 14.4 Å². The number of carbonyl (C=O) groups is 3. The third-order valence-corrected chi connectivity index (χ3v) is 5.45. The number of para-hydroxylation sites is 1. The van der Waals surface area contributed by atoms with Crippen molar-refractivity contribution in [3.05, 3.63) is 88.5 Å². The highest BCUT2D eigenvalue weighted by atomic mass is 35.5. The maximum absolute atomic E-state index is 13.1. The van der Waals surface area contributed by atoms with Crippen LogP contribution in [-0.4, -0.2) is 29.5 Å². The standard InChI is InChI=1S/C24H18Cl2N4O4/c1-34-17-9-7-16(8-10-17)27-22(31)21-13-14-12-15(25)6-11-20(14)30(21)29-24(33)23(32)28-19-5-3-2-4-18(19)26/h2-13H,1H3,(H,27,31)(H,28,32)(H,29,33). The second-order valence-corrected chi connectivity index (χ2v) is 7.97. The molecule has 0 atom stereocenters. The van der Waals surface area contributed by atoms with Gasteiger partial charge >= 0.3 is 11.8 Å². The fourth-order valence-electron chi connectivity index (χ4n) is 3.24. The predicted octanol–water partition coefficient (Wildman–Crippen LogP) is 4.92. The topological polar surface area (TPSA) is 101 Å². The third kappa shape index (κ3) is 4.98. The van der Waals surface area contributed by atoms with E-state index in [1.165, 1.54) is 4.68 Å². The summed E-state index contributed by atoms with van der Waals surface area (Å²) in [5.74, 6) is -1.82. The smallest absolute Gasteiger partial charge is 0.328 e. The van der Waals surface area contributed by atoms with Crippen LogP contribution in [0.3, 0.4) is 0 Å². The van der Waals surface area contributed by atoms with Gasteiger partial charge in [-0.2, -0.15) is 0 Å². The predicted molar refractivity (Wildman–Crippen MR) is 132 cm³/mol. The van der Waals surface area contributed by atoms with Crippen molar-refractivity contribution in [1.82, 2.24) is 4.68 Å². The summed E-state index contributed by atoms with van der Waals surface area (Å²) in [6.07, 6.45) is 0. The van der Waals surface area contributed by atoms with E-state index in [0.29, 0.717) is 27.4 Å². The lowest BCUT2D eigenvalue weighted by molar-refractivity contribution is -0.133.